The van der Waals surface area contributed by atoms with Crippen LogP contribution in [0.5, 0.6) is 0 Å². The third kappa shape index (κ3) is 10.5. The van der Waals surface area contributed by atoms with E-state index in [1.165, 1.54) is 40.6 Å². The summed E-state index contributed by atoms with van der Waals surface area (Å²) in [6, 6.07) is 0. The Hall–Kier alpha value is -2.72. The highest BCUT2D eigenvalue weighted by Gasteiger charge is 2.32. The van der Waals surface area contributed by atoms with Gasteiger partial charge in [-0.25, -0.2) is 0 Å². The maximum absolute atomic E-state index is 11.8. The van der Waals surface area contributed by atoms with Crippen LogP contribution in [0.1, 0.15) is 25.7 Å². The second-order valence-corrected chi connectivity index (χ2v) is 6.67. The van der Waals surface area contributed by atoms with Crippen LogP contribution in [0.25, 0.3) is 0 Å². The Balaban J connectivity index is 4.46. The van der Waals surface area contributed by atoms with Crippen LogP contribution in [0.15, 0.2) is 25.3 Å². The molecular weight excluding hydrogens is 424 g/mol. The fourth-order valence-corrected chi connectivity index (χ4v) is 2.75. The smallest absolute Gasteiger partial charge is 0.320 e. The van der Waals surface area contributed by atoms with Gasteiger partial charge in [0.15, 0.2) is 11.8 Å². The summed E-state index contributed by atoms with van der Waals surface area (Å²) < 4.78 is 29.9. The highest BCUT2D eigenvalue weighted by atomic mass is 16.6. The first-order valence-corrected chi connectivity index (χ1v) is 10.1. The predicted octanol–water partition coefficient (Wildman–Crippen LogP) is 1.61. The highest BCUT2D eigenvalue weighted by molar-refractivity contribution is 5.95. The van der Waals surface area contributed by atoms with E-state index in [-0.39, 0.29) is 12.8 Å². The number of esters is 4. The third-order valence-electron chi connectivity index (χ3n) is 4.61. The van der Waals surface area contributed by atoms with E-state index in [9.17, 15) is 19.2 Å². The molecule has 0 saturated heterocycles. The van der Waals surface area contributed by atoms with Crippen molar-refractivity contribution in [3.8, 4) is 0 Å². The van der Waals surface area contributed by atoms with Gasteiger partial charge in [-0.3, -0.25) is 19.2 Å². The third-order valence-corrected chi connectivity index (χ3v) is 4.61. The molecule has 32 heavy (non-hydrogen) atoms. The maximum Gasteiger partial charge on any atom is 0.320 e. The van der Waals surface area contributed by atoms with Crippen LogP contribution in [0.4, 0.5) is 0 Å². The van der Waals surface area contributed by atoms with Crippen LogP contribution >= 0.6 is 0 Å². The molecule has 10 heteroatoms. The van der Waals surface area contributed by atoms with E-state index in [2.05, 4.69) is 32.1 Å². The zero-order valence-corrected chi connectivity index (χ0v) is 19.2. The molecule has 182 valence electrons. The van der Waals surface area contributed by atoms with Crippen molar-refractivity contribution in [3.05, 3.63) is 25.3 Å². The summed E-state index contributed by atoms with van der Waals surface area (Å²) in [5.41, 5.74) is 0. The number of hydrogen-bond donors (Lipinski definition) is 0. The van der Waals surface area contributed by atoms with E-state index in [0.717, 1.165) is 0 Å². The lowest BCUT2D eigenvalue weighted by atomic mass is 10.0. The van der Waals surface area contributed by atoms with Crippen LogP contribution in [-0.4, -0.2) is 77.7 Å². The Morgan fingerprint density at radius 1 is 0.625 bits per heavy atom. The topological polar surface area (TPSA) is 124 Å². The fraction of sp³-hybridized carbons (Fsp3) is 0.636. The SMILES string of the molecule is C=CC(CC(C(=O)OC)C(=O)OC)OCCCCOC(C=C)CC(C(=O)OC)C(=O)OC. The monoisotopic (exact) mass is 458 g/mol. The number of unbranched alkanes of at least 4 members (excludes halogenated alkanes) is 1. The van der Waals surface area contributed by atoms with Crippen molar-refractivity contribution in [2.75, 3.05) is 41.7 Å². The van der Waals surface area contributed by atoms with Gasteiger partial charge in [-0.05, 0) is 12.8 Å². The number of ether oxygens (including phenoxy) is 6. The predicted molar refractivity (Wildman–Crippen MR) is 113 cm³/mol. The molecular formula is C22H34O10. The van der Waals surface area contributed by atoms with Crippen molar-refractivity contribution in [2.24, 2.45) is 11.8 Å². The van der Waals surface area contributed by atoms with Gasteiger partial charge in [0.2, 0.25) is 0 Å². The molecule has 0 aromatic heterocycles. The molecule has 0 radical (unpaired) electrons. The Kier molecular flexibility index (Phi) is 15.5. The molecule has 2 atom stereocenters. The van der Waals surface area contributed by atoms with Crippen molar-refractivity contribution in [2.45, 2.75) is 37.9 Å². The maximum atomic E-state index is 11.8. The molecule has 10 nitrogen and oxygen atoms in total. The first kappa shape index (κ1) is 29.3. The minimum atomic E-state index is -1.10. The molecule has 0 aliphatic carbocycles. The van der Waals surface area contributed by atoms with Gasteiger partial charge < -0.3 is 28.4 Å². The van der Waals surface area contributed by atoms with Crippen LogP contribution in [0.2, 0.25) is 0 Å². The molecule has 0 aromatic rings. The van der Waals surface area contributed by atoms with Crippen molar-refractivity contribution in [1.29, 1.82) is 0 Å². The van der Waals surface area contributed by atoms with Gasteiger partial charge in [0.25, 0.3) is 0 Å². The van der Waals surface area contributed by atoms with Crippen LogP contribution < -0.4 is 0 Å². The van der Waals surface area contributed by atoms with E-state index < -0.39 is 47.9 Å². The quantitative estimate of drug-likeness (QED) is 0.104. The summed E-state index contributed by atoms with van der Waals surface area (Å²) in [5, 5.41) is 0. The second-order valence-electron chi connectivity index (χ2n) is 6.67. The fourth-order valence-electron chi connectivity index (χ4n) is 2.75. The molecule has 0 aromatic carbocycles. The van der Waals surface area contributed by atoms with Crippen LogP contribution in [0, 0.1) is 11.8 Å². The standard InChI is InChI=1S/C22H34O10/c1-7-15(13-17(19(23)27-3)20(24)28-4)31-11-9-10-12-32-16(8-2)14-18(21(25)29-5)22(26)30-6/h7-8,15-18H,1-2,9-14H2,3-6H3. The first-order chi connectivity index (χ1) is 15.3. The minimum absolute atomic E-state index is 0.0559. The molecule has 0 amide bonds. The van der Waals surface area contributed by atoms with Crippen LogP contribution in [-0.2, 0) is 47.6 Å². The van der Waals surface area contributed by atoms with Gasteiger partial charge in [-0.15, -0.1) is 13.2 Å². The van der Waals surface area contributed by atoms with E-state index in [0.29, 0.717) is 26.1 Å². The van der Waals surface area contributed by atoms with Crippen LogP contribution in [0.3, 0.4) is 0 Å². The van der Waals surface area contributed by atoms with Crippen molar-refractivity contribution in [3.63, 3.8) is 0 Å². The van der Waals surface area contributed by atoms with Gasteiger partial charge in [-0.1, -0.05) is 12.2 Å². The van der Waals surface area contributed by atoms with Crippen molar-refractivity contribution in [1.82, 2.24) is 0 Å². The number of methoxy groups -OCH3 is 4. The Labute approximate surface area is 188 Å². The normalized spacial score (nSPS) is 12.6. The number of hydrogen-bond acceptors (Lipinski definition) is 10. The average Bonchev–Trinajstić information content (AvgIpc) is 2.82. The van der Waals surface area contributed by atoms with Gasteiger partial charge in [0.05, 0.1) is 40.6 Å². The summed E-state index contributed by atoms with van der Waals surface area (Å²) in [6.07, 6.45) is 3.27. The van der Waals surface area contributed by atoms with E-state index >= 15 is 0 Å². The summed E-state index contributed by atoms with van der Waals surface area (Å²) in [6.45, 7) is 7.99. The molecule has 0 fully saturated rings. The van der Waals surface area contributed by atoms with Gasteiger partial charge in [0, 0.05) is 26.1 Å². The van der Waals surface area contributed by atoms with E-state index in [4.69, 9.17) is 9.47 Å². The molecule has 2 unspecified atom stereocenters. The summed E-state index contributed by atoms with van der Waals surface area (Å²) in [4.78, 5) is 47.1. The number of carbonyl (C=O) groups is 4. The molecule has 0 rings (SSSR count). The summed E-state index contributed by atoms with van der Waals surface area (Å²) in [7, 11) is 4.77. The number of rotatable bonds is 17. The lowest BCUT2D eigenvalue weighted by molar-refractivity contribution is -0.162. The Morgan fingerprint density at radius 2 is 0.906 bits per heavy atom. The number of carbonyl (C=O) groups excluding carboxylic acids is 4. The average molecular weight is 459 g/mol. The lowest BCUT2D eigenvalue weighted by Crippen LogP contribution is -2.31. The molecule has 0 saturated carbocycles. The zero-order chi connectivity index (χ0) is 24.5. The minimum Gasteiger partial charge on any atom is -0.468 e. The molecule has 0 bridgehead atoms. The van der Waals surface area contributed by atoms with Crippen molar-refractivity contribution < 1.29 is 47.6 Å². The summed E-state index contributed by atoms with van der Waals surface area (Å²) >= 11 is 0. The van der Waals surface area contributed by atoms with Crippen molar-refractivity contribution >= 4 is 23.9 Å². The Morgan fingerprint density at radius 3 is 1.12 bits per heavy atom. The molecule has 0 heterocycles. The zero-order valence-electron chi connectivity index (χ0n) is 19.2. The molecule has 0 N–H and O–H groups in total. The highest BCUT2D eigenvalue weighted by Crippen LogP contribution is 2.16. The lowest BCUT2D eigenvalue weighted by Gasteiger charge is -2.19. The first-order valence-electron chi connectivity index (χ1n) is 10.1. The second kappa shape index (κ2) is 16.9. The molecule has 0 aliphatic heterocycles. The largest absolute Gasteiger partial charge is 0.468 e. The molecule has 0 aliphatic rings. The van der Waals surface area contributed by atoms with E-state index in [1.807, 2.05) is 0 Å². The Bertz CT molecular complexity index is 544. The van der Waals surface area contributed by atoms with Gasteiger partial charge in [0.1, 0.15) is 0 Å². The summed E-state index contributed by atoms with van der Waals surface area (Å²) in [5.74, 6) is -4.99. The molecule has 0 spiro atoms. The van der Waals surface area contributed by atoms with Gasteiger partial charge in [-0.2, -0.15) is 0 Å². The van der Waals surface area contributed by atoms with E-state index in [1.54, 1.807) is 0 Å². The van der Waals surface area contributed by atoms with Gasteiger partial charge >= 0.3 is 23.9 Å².